The van der Waals surface area contributed by atoms with Gasteiger partial charge in [0.2, 0.25) is 0 Å². The fourth-order valence-corrected chi connectivity index (χ4v) is 1.28. The zero-order valence-electron chi connectivity index (χ0n) is 7.04. The highest BCUT2D eigenvalue weighted by molar-refractivity contribution is 4.84. The lowest BCUT2D eigenvalue weighted by molar-refractivity contribution is -0.0108. The van der Waals surface area contributed by atoms with E-state index in [9.17, 15) is 0 Å². The molecule has 0 aromatic heterocycles. The molecule has 0 unspecified atom stereocenters. The third-order valence-corrected chi connectivity index (χ3v) is 2.35. The van der Waals surface area contributed by atoms with E-state index < -0.39 is 0 Å². The Morgan fingerprint density at radius 1 is 1.30 bits per heavy atom. The summed E-state index contributed by atoms with van der Waals surface area (Å²) in [5.41, 5.74) is 0. The van der Waals surface area contributed by atoms with Crippen LogP contribution in [0.5, 0.6) is 0 Å². The summed E-state index contributed by atoms with van der Waals surface area (Å²) in [7, 11) is 0. The molecule has 1 aliphatic rings. The fourth-order valence-electron chi connectivity index (χ4n) is 1.28. The van der Waals surface area contributed by atoms with Crippen molar-refractivity contribution in [3.63, 3.8) is 0 Å². The Balaban J connectivity index is 2.18. The van der Waals surface area contributed by atoms with Crippen LogP contribution in [-0.2, 0) is 0 Å². The lowest BCUT2D eigenvalue weighted by Gasteiger charge is -2.43. The van der Waals surface area contributed by atoms with Gasteiger partial charge in [0.25, 0.3) is 0 Å². The molecule has 1 heterocycles. The van der Waals surface area contributed by atoms with E-state index in [1.165, 1.54) is 0 Å². The molecule has 2 nitrogen and oxygen atoms in total. The number of aliphatic hydroxyl groups excluding tert-OH is 1. The summed E-state index contributed by atoms with van der Waals surface area (Å²) in [5.74, 6) is 0.530. The number of hydrogen-bond acceptors (Lipinski definition) is 2. The van der Waals surface area contributed by atoms with Crippen LogP contribution in [0.1, 0.15) is 20.8 Å². The van der Waals surface area contributed by atoms with Gasteiger partial charge in [0, 0.05) is 25.0 Å². The van der Waals surface area contributed by atoms with Crippen molar-refractivity contribution in [3.05, 3.63) is 0 Å². The fraction of sp³-hybridized carbons (Fsp3) is 1.00. The van der Waals surface area contributed by atoms with Crippen molar-refractivity contribution in [3.8, 4) is 0 Å². The summed E-state index contributed by atoms with van der Waals surface area (Å²) in [6, 6.07) is 0.648. The van der Waals surface area contributed by atoms with E-state index in [0.29, 0.717) is 12.0 Å². The molecule has 0 aromatic carbocycles. The van der Waals surface area contributed by atoms with Gasteiger partial charge in [-0.15, -0.1) is 0 Å². The topological polar surface area (TPSA) is 23.5 Å². The molecule has 1 atom stereocenters. The summed E-state index contributed by atoms with van der Waals surface area (Å²) in [5, 5.41) is 9.15. The second kappa shape index (κ2) is 2.89. The van der Waals surface area contributed by atoms with E-state index in [4.69, 9.17) is 5.11 Å². The molecular weight excluding hydrogens is 126 g/mol. The first kappa shape index (κ1) is 8.02. The van der Waals surface area contributed by atoms with Crippen molar-refractivity contribution in [1.82, 2.24) is 4.90 Å². The molecule has 0 bridgehead atoms. The second-order valence-corrected chi connectivity index (χ2v) is 3.55. The van der Waals surface area contributed by atoms with Gasteiger partial charge in [-0.2, -0.15) is 0 Å². The molecule has 1 rings (SSSR count). The third-order valence-electron chi connectivity index (χ3n) is 2.35. The largest absolute Gasteiger partial charge is 0.393 e. The van der Waals surface area contributed by atoms with Crippen LogP contribution >= 0.6 is 0 Å². The lowest BCUT2D eigenvalue weighted by Crippen LogP contribution is -2.53. The van der Waals surface area contributed by atoms with Crippen LogP contribution in [0.3, 0.4) is 0 Å². The second-order valence-electron chi connectivity index (χ2n) is 3.55. The number of hydrogen-bond donors (Lipinski definition) is 1. The number of likely N-dealkylation sites (tertiary alicyclic amines) is 1. The van der Waals surface area contributed by atoms with Crippen molar-refractivity contribution in [2.75, 3.05) is 13.1 Å². The molecular formula is C8H17NO. The normalized spacial score (nSPS) is 24.9. The average Bonchev–Trinajstić information content (AvgIpc) is 1.56. The number of rotatable bonds is 2. The quantitative estimate of drug-likeness (QED) is 0.615. The SMILES string of the molecule is CC(C)N1CC([C@H](C)O)C1. The average molecular weight is 143 g/mol. The summed E-state index contributed by atoms with van der Waals surface area (Å²) >= 11 is 0. The Bertz CT molecular complexity index is 93.8. The summed E-state index contributed by atoms with van der Waals surface area (Å²) < 4.78 is 0. The molecule has 0 spiro atoms. The summed E-state index contributed by atoms with van der Waals surface area (Å²) in [6.07, 6.45) is -0.116. The van der Waals surface area contributed by atoms with E-state index in [1.807, 2.05) is 6.92 Å². The molecule has 0 radical (unpaired) electrons. The maximum atomic E-state index is 9.15. The molecule has 1 aliphatic heterocycles. The van der Waals surface area contributed by atoms with Crippen molar-refractivity contribution < 1.29 is 5.11 Å². The van der Waals surface area contributed by atoms with Crippen LogP contribution in [-0.4, -0.2) is 35.2 Å². The predicted molar refractivity (Wildman–Crippen MR) is 41.9 cm³/mol. The zero-order chi connectivity index (χ0) is 7.72. The minimum absolute atomic E-state index is 0.116. The molecule has 0 aliphatic carbocycles. The van der Waals surface area contributed by atoms with Crippen LogP contribution in [0.15, 0.2) is 0 Å². The van der Waals surface area contributed by atoms with Gasteiger partial charge >= 0.3 is 0 Å². The Morgan fingerprint density at radius 3 is 2.10 bits per heavy atom. The van der Waals surface area contributed by atoms with Crippen molar-refractivity contribution >= 4 is 0 Å². The minimum Gasteiger partial charge on any atom is -0.393 e. The monoisotopic (exact) mass is 143 g/mol. The van der Waals surface area contributed by atoms with Crippen LogP contribution in [0.2, 0.25) is 0 Å². The molecule has 0 amide bonds. The highest BCUT2D eigenvalue weighted by Gasteiger charge is 2.31. The van der Waals surface area contributed by atoms with Gasteiger partial charge in [-0.05, 0) is 20.8 Å². The summed E-state index contributed by atoms with van der Waals surface area (Å²) in [4.78, 5) is 2.37. The first-order valence-corrected chi connectivity index (χ1v) is 4.03. The molecule has 0 saturated carbocycles. The van der Waals surface area contributed by atoms with Crippen LogP contribution in [0.25, 0.3) is 0 Å². The van der Waals surface area contributed by atoms with Gasteiger partial charge in [-0.25, -0.2) is 0 Å². The van der Waals surface area contributed by atoms with E-state index >= 15 is 0 Å². The first-order chi connectivity index (χ1) is 4.61. The van der Waals surface area contributed by atoms with E-state index in [1.54, 1.807) is 0 Å². The van der Waals surface area contributed by atoms with E-state index in [0.717, 1.165) is 13.1 Å². The Hall–Kier alpha value is -0.0800. The number of nitrogens with zero attached hydrogens (tertiary/aromatic N) is 1. The molecule has 60 valence electrons. The Labute approximate surface area is 62.8 Å². The lowest BCUT2D eigenvalue weighted by atomic mass is 9.93. The van der Waals surface area contributed by atoms with Crippen molar-refractivity contribution in [2.45, 2.75) is 32.9 Å². The van der Waals surface area contributed by atoms with E-state index in [-0.39, 0.29) is 6.10 Å². The zero-order valence-corrected chi connectivity index (χ0v) is 7.04. The van der Waals surface area contributed by atoms with Crippen molar-refractivity contribution in [2.24, 2.45) is 5.92 Å². The smallest absolute Gasteiger partial charge is 0.0564 e. The van der Waals surface area contributed by atoms with Crippen molar-refractivity contribution in [1.29, 1.82) is 0 Å². The highest BCUT2D eigenvalue weighted by Crippen LogP contribution is 2.20. The van der Waals surface area contributed by atoms with Gasteiger partial charge < -0.3 is 10.0 Å². The van der Waals surface area contributed by atoms with Gasteiger partial charge in [0.1, 0.15) is 0 Å². The van der Waals surface area contributed by atoms with Crippen LogP contribution in [0, 0.1) is 5.92 Å². The Morgan fingerprint density at radius 2 is 1.80 bits per heavy atom. The van der Waals surface area contributed by atoms with Crippen LogP contribution in [0.4, 0.5) is 0 Å². The first-order valence-electron chi connectivity index (χ1n) is 4.03. The van der Waals surface area contributed by atoms with Gasteiger partial charge in [0.15, 0.2) is 0 Å². The molecule has 1 N–H and O–H groups in total. The third kappa shape index (κ3) is 1.50. The molecule has 0 aromatic rings. The molecule has 1 fully saturated rings. The Kier molecular flexibility index (Phi) is 2.32. The highest BCUT2D eigenvalue weighted by atomic mass is 16.3. The van der Waals surface area contributed by atoms with Gasteiger partial charge in [0.05, 0.1) is 6.10 Å². The minimum atomic E-state index is -0.116. The maximum absolute atomic E-state index is 9.15. The van der Waals surface area contributed by atoms with Gasteiger partial charge in [-0.1, -0.05) is 0 Å². The maximum Gasteiger partial charge on any atom is 0.0564 e. The standard InChI is InChI=1S/C8H17NO/c1-6(2)9-4-8(5-9)7(3)10/h6-8,10H,4-5H2,1-3H3/t7-/m0/s1. The van der Waals surface area contributed by atoms with Crippen LogP contribution < -0.4 is 0 Å². The number of aliphatic hydroxyl groups is 1. The van der Waals surface area contributed by atoms with E-state index in [2.05, 4.69) is 18.7 Å². The summed E-state index contributed by atoms with van der Waals surface area (Å²) in [6.45, 7) is 8.42. The molecule has 2 heteroatoms. The molecule has 1 saturated heterocycles. The predicted octanol–water partition coefficient (Wildman–Crippen LogP) is 0.707. The van der Waals surface area contributed by atoms with Gasteiger partial charge in [-0.3, -0.25) is 0 Å². The molecule has 10 heavy (non-hydrogen) atoms.